The number of rotatable bonds is 0. The maximum Gasteiger partial charge on any atom is 0.0120 e. The van der Waals surface area contributed by atoms with Crippen LogP contribution in [0.15, 0.2) is 0 Å². The average molecular weight is 140 g/mol. The van der Waals surface area contributed by atoms with E-state index in [1.54, 1.807) is 0 Å². The Morgan fingerprint density at radius 1 is 1.40 bits per heavy atom. The molecule has 2 saturated heterocycles. The minimum atomic E-state index is 0.858. The molecule has 2 aliphatic heterocycles. The molecule has 2 rings (SSSR count). The summed E-state index contributed by atoms with van der Waals surface area (Å²) in [6.45, 7) is 3.86. The first-order valence-electron chi connectivity index (χ1n) is 4.28. The Bertz CT molecular complexity index is 124. The quantitative estimate of drug-likeness (QED) is 0.520. The summed E-state index contributed by atoms with van der Waals surface area (Å²) in [5.41, 5.74) is 0. The highest BCUT2D eigenvalue weighted by Crippen LogP contribution is 2.23. The van der Waals surface area contributed by atoms with Crippen molar-refractivity contribution in [3.63, 3.8) is 0 Å². The third-order valence-corrected chi connectivity index (χ3v) is 2.86. The SMILES string of the molecule is CN1CC[C@H]2NCCC2C1. The summed E-state index contributed by atoms with van der Waals surface area (Å²) < 4.78 is 0. The normalized spacial score (nSPS) is 41.7. The molecule has 0 bridgehead atoms. The van der Waals surface area contributed by atoms with Crippen molar-refractivity contribution >= 4 is 0 Å². The first-order valence-corrected chi connectivity index (χ1v) is 4.28. The second-order valence-electron chi connectivity index (χ2n) is 3.66. The first kappa shape index (κ1) is 6.62. The Hall–Kier alpha value is -0.0800. The summed E-state index contributed by atoms with van der Waals surface area (Å²) in [6, 6.07) is 0.858. The number of nitrogens with one attached hydrogen (secondary N) is 1. The molecule has 0 aromatic carbocycles. The lowest BCUT2D eigenvalue weighted by Crippen LogP contribution is -2.42. The van der Waals surface area contributed by atoms with Crippen LogP contribution in [0.4, 0.5) is 0 Å². The highest BCUT2D eigenvalue weighted by Gasteiger charge is 2.30. The Kier molecular flexibility index (Phi) is 1.66. The predicted molar refractivity (Wildman–Crippen MR) is 42.0 cm³/mol. The van der Waals surface area contributed by atoms with Crippen molar-refractivity contribution in [3.8, 4) is 0 Å². The fourth-order valence-corrected chi connectivity index (χ4v) is 2.23. The maximum atomic E-state index is 3.55. The number of likely N-dealkylation sites (tertiary alicyclic amines) is 1. The van der Waals surface area contributed by atoms with Crippen LogP contribution >= 0.6 is 0 Å². The highest BCUT2D eigenvalue weighted by atomic mass is 15.1. The Balaban J connectivity index is 1.96. The largest absolute Gasteiger partial charge is 0.314 e. The molecule has 2 heteroatoms. The van der Waals surface area contributed by atoms with E-state index in [1.165, 1.54) is 32.5 Å². The highest BCUT2D eigenvalue weighted by molar-refractivity contribution is 4.89. The van der Waals surface area contributed by atoms with Crippen molar-refractivity contribution in [2.75, 3.05) is 26.7 Å². The van der Waals surface area contributed by atoms with Crippen molar-refractivity contribution in [2.45, 2.75) is 18.9 Å². The molecule has 2 atom stereocenters. The van der Waals surface area contributed by atoms with Gasteiger partial charge in [0.2, 0.25) is 0 Å². The van der Waals surface area contributed by atoms with Crippen LogP contribution in [0.5, 0.6) is 0 Å². The molecule has 0 saturated carbocycles. The molecule has 0 aromatic heterocycles. The summed E-state index contributed by atoms with van der Waals surface area (Å²) in [5, 5.41) is 3.55. The molecule has 2 aliphatic rings. The zero-order chi connectivity index (χ0) is 6.97. The average Bonchev–Trinajstić information content (AvgIpc) is 2.33. The van der Waals surface area contributed by atoms with Crippen LogP contribution in [0, 0.1) is 5.92 Å². The van der Waals surface area contributed by atoms with Crippen molar-refractivity contribution in [2.24, 2.45) is 5.92 Å². The number of hydrogen-bond donors (Lipinski definition) is 1. The van der Waals surface area contributed by atoms with Gasteiger partial charge in [0.1, 0.15) is 0 Å². The predicted octanol–water partition coefficient (Wildman–Crippen LogP) is 0.300. The topological polar surface area (TPSA) is 15.3 Å². The van der Waals surface area contributed by atoms with Crippen LogP contribution < -0.4 is 5.32 Å². The summed E-state index contributed by atoms with van der Waals surface area (Å²) in [5.74, 6) is 0.957. The lowest BCUT2D eigenvalue weighted by Gasteiger charge is -2.31. The van der Waals surface area contributed by atoms with Gasteiger partial charge in [0.05, 0.1) is 0 Å². The molecule has 0 radical (unpaired) electrons. The number of nitrogens with zero attached hydrogens (tertiary/aromatic N) is 1. The molecule has 2 nitrogen and oxygen atoms in total. The van der Waals surface area contributed by atoms with Crippen LogP contribution in [-0.4, -0.2) is 37.6 Å². The second kappa shape index (κ2) is 2.51. The third kappa shape index (κ3) is 1.06. The Morgan fingerprint density at radius 3 is 3.20 bits per heavy atom. The number of fused-ring (bicyclic) bond motifs is 1. The maximum absolute atomic E-state index is 3.55. The minimum Gasteiger partial charge on any atom is -0.314 e. The van der Waals surface area contributed by atoms with E-state index in [2.05, 4.69) is 17.3 Å². The second-order valence-corrected chi connectivity index (χ2v) is 3.66. The molecule has 58 valence electrons. The molecule has 1 N–H and O–H groups in total. The number of piperidine rings is 1. The smallest absolute Gasteiger partial charge is 0.0120 e. The molecule has 2 fully saturated rings. The van der Waals surface area contributed by atoms with E-state index in [4.69, 9.17) is 0 Å². The van der Waals surface area contributed by atoms with Gasteiger partial charge in [-0.25, -0.2) is 0 Å². The molecule has 2 heterocycles. The van der Waals surface area contributed by atoms with Gasteiger partial charge in [-0.3, -0.25) is 0 Å². The van der Waals surface area contributed by atoms with Crippen LogP contribution in [0.25, 0.3) is 0 Å². The van der Waals surface area contributed by atoms with E-state index in [-0.39, 0.29) is 0 Å². The third-order valence-electron chi connectivity index (χ3n) is 2.86. The zero-order valence-electron chi connectivity index (χ0n) is 6.64. The lowest BCUT2D eigenvalue weighted by molar-refractivity contribution is 0.195. The van der Waals surface area contributed by atoms with Gasteiger partial charge in [-0.05, 0) is 38.9 Å². The summed E-state index contributed by atoms with van der Waals surface area (Å²) >= 11 is 0. The van der Waals surface area contributed by atoms with E-state index in [9.17, 15) is 0 Å². The molecule has 0 aromatic rings. The number of hydrogen-bond acceptors (Lipinski definition) is 2. The summed E-state index contributed by atoms with van der Waals surface area (Å²) in [4.78, 5) is 2.45. The van der Waals surface area contributed by atoms with E-state index < -0.39 is 0 Å². The van der Waals surface area contributed by atoms with Gasteiger partial charge >= 0.3 is 0 Å². The van der Waals surface area contributed by atoms with Crippen LogP contribution in [0.2, 0.25) is 0 Å². The molecular formula is C8H16N2. The first-order chi connectivity index (χ1) is 4.86. The van der Waals surface area contributed by atoms with E-state index >= 15 is 0 Å². The Morgan fingerprint density at radius 2 is 2.30 bits per heavy atom. The summed E-state index contributed by atoms with van der Waals surface area (Å²) in [6.07, 6.45) is 2.76. The summed E-state index contributed by atoms with van der Waals surface area (Å²) in [7, 11) is 2.23. The van der Waals surface area contributed by atoms with Crippen LogP contribution in [-0.2, 0) is 0 Å². The van der Waals surface area contributed by atoms with E-state index in [0.29, 0.717) is 0 Å². The Labute approximate surface area is 62.6 Å². The monoisotopic (exact) mass is 140 g/mol. The van der Waals surface area contributed by atoms with E-state index in [1.807, 2.05) is 0 Å². The van der Waals surface area contributed by atoms with Gasteiger partial charge in [-0.15, -0.1) is 0 Å². The zero-order valence-corrected chi connectivity index (χ0v) is 6.64. The van der Waals surface area contributed by atoms with Crippen molar-refractivity contribution in [1.82, 2.24) is 10.2 Å². The molecule has 0 spiro atoms. The standard InChI is InChI=1S/C8H16N2/c1-10-5-3-8-7(6-10)2-4-9-8/h7-9H,2-6H2,1H3/t7?,8-/m1/s1. The van der Waals surface area contributed by atoms with Gasteiger partial charge in [0.15, 0.2) is 0 Å². The van der Waals surface area contributed by atoms with Gasteiger partial charge in [0.25, 0.3) is 0 Å². The molecule has 0 aliphatic carbocycles. The fraction of sp³-hybridized carbons (Fsp3) is 1.00. The van der Waals surface area contributed by atoms with Crippen molar-refractivity contribution < 1.29 is 0 Å². The van der Waals surface area contributed by atoms with Crippen molar-refractivity contribution in [1.29, 1.82) is 0 Å². The minimum absolute atomic E-state index is 0.858. The van der Waals surface area contributed by atoms with Gasteiger partial charge in [-0.2, -0.15) is 0 Å². The van der Waals surface area contributed by atoms with Crippen LogP contribution in [0.1, 0.15) is 12.8 Å². The molecule has 1 unspecified atom stereocenters. The van der Waals surface area contributed by atoms with Gasteiger partial charge in [0, 0.05) is 12.6 Å². The van der Waals surface area contributed by atoms with Crippen molar-refractivity contribution in [3.05, 3.63) is 0 Å². The molecule has 0 amide bonds. The van der Waals surface area contributed by atoms with Gasteiger partial charge < -0.3 is 10.2 Å². The van der Waals surface area contributed by atoms with E-state index in [0.717, 1.165) is 12.0 Å². The fourth-order valence-electron chi connectivity index (χ4n) is 2.23. The van der Waals surface area contributed by atoms with Crippen LogP contribution in [0.3, 0.4) is 0 Å². The molecule has 10 heavy (non-hydrogen) atoms. The lowest BCUT2D eigenvalue weighted by atomic mass is 9.94. The molecular weight excluding hydrogens is 124 g/mol. The van der Waals surface area contributed by atoms with Gasteiger partial charge in [-0.1, -0.05) is 0 Å².